The summed E-state index contributed by atoms with van der Waals surface area (Å²) in [5.74, 6) is 0. The van der Waals surface area contributed by atoms with E-state index < -0.39 is 4.92 Å². The Kier molecular flexibility index (Phi) is 4.50. The zero-order valence-corrected chi connectivity index (χ0v) is 9.61. The molecule has 0 bridgehead atoms. The normalized spacial score (nSPS) is 9.11. The molecule has 94 valence electrons. The number of anilines is 3. The van der Waals surface area contributed by atoms with E-state index >= 15 is 0 Å². The number of nitrogen functional groups attached to an aromatic ring is 3. The molecule has 6 nitrogen and oxygen atoms in total. The van der Waals surface area contributed by atoms with Crippen molar-refractivity contribution in [3.63, 3.8) is 0 Å². The lowest BCUT2D eigenvalue weighted by Crippen LogP contribution is -1.91. The second-order valence-corrected chi connectivity index (χ2v) is 3.48. The zero-order chi connectivity index (χ0) is 13.5. The quantitative estimate of drug-likeness (QED) is 0.403. The molecule has 18 heavy (non-hydrogen) atoms. The van der Waals surface area contributed by atoms with E-state index in [-0.39, 0.29) is 5.69 Å². The standard InChI is InChI=1S/C6H6N2O2.C6H8N2/c7-5-1-3-6(4-2-5)8(9)10;7-5-3-1-2-4-6(5)8/h1-4H,7H2;1-4H,7-8H2. The molecule has 0 aromatic heterocycles. The fourth-order valence-electron chi connectivity index (χ4n) is 1.11. The van der Waals surface area contributed by atoms with Crippen LogP contribution < -0.4 is 17.2 Å². The van der Waals surface area contributed by atoms with Gasteiger partial charge in [-0.1, -0.05) is 12.1 Å². The number of hydrogen-bond donors (Lipinski definition) is 3. The molecule has 0 aliphatic carbocycles. The van der Waals surface area contributed by atoms with E-state index in [1.165, 1.54) is 24.3 Å². The van der Waals surface area contributed by atoms with E-state index in [1.54, 1.807) is 12.1 Å². The number of benzene rings is 2. The lowest BCUT2D eigenvalue weighted by molar-refractivity contribution is -0.384. The van der Waals surface area contributed by atoms with Crippen LogP contribution in [0.15, 0.2) is 48.5 Å². The van der Waals surface area contributed by atoms with Crippen molar-refractivity contribution in [1.29, 1.82) is 0 Å². The van der Waals surface area contributed by atoms with E-state index in [4.69, 9.17) is 17.2 Å². The SMILES string of the molecule is Nc1ccc([N+](=O)[O-])cc1.Nc1ccccc1N. The van der Waals surface area contributed by atoms with Crippen LogP contribution in [0, 0.1) is 10.1 Å². The monoisotopic (exact) mass is 246 g/mol. The molecule has 0 spiro atoms. The number of rotatable bonds is 1. The summed E-state index contributed by atoms with van der Waals surface area (Å²) in [5.41, 5.74) is 18.0. The maximum Gasteiger partial charge on any atom is 0.269 e. The zero-order valence-electron chi connectivity index (χ0n) is 9.61. The van der Waals surface area contributed by atoms with Crippen molar-refractivity contribution < 1.29 is 4.92 Å². The first-order valence-electron chi connectivity index (χ1n) is 5.10. The summed E-state index contributed by atoms with van der Waals surface area (Å²) in [6.07, 6.45) is 0. The van der Waals surface area contributed by atoms with Crippen molar-refractivity contribution in [2.24, 2.45) is 0 Å². The smallest absolute Gasteiger partial charge is 0.269 e. The van der Waals surface area contributed by atoms with E-state index in [1.807, 2.05) is 12.1 Å². The fourth-order valence-corrected chi connectivity index (χ4v) is 1.11. The Balaban J connectivity index is 0.000000184. The van der Waals surface area contributed by atoms with Gasteiger partial charge >= 0.3 is 0 Å². The summed E-state index contributed by atoms with van der Waals surface area (Å²) in [7, 11) is 0. The van der Waals surface area contributed by atoms with Crippen molar-refractivity contribution in [3.8, 4) is 0 Å². The molecule has 0 fully saturated rings. The number of non-ortho nitro benzene ring substituents is 1. The first-order valence-corrected chi connectivity index (χ1v) is 5.10. The Morgan fingerprint density at radius 3 is 1.61 bits per heavy atom. The summed E-state index contributed by atoms with van der Waals surface area (Å²) in [4.78, 5) is 9.62. The highest BCUT2D eigenvalue weighted by molar-refractivity contribution is 5.62. The predicted molar refractivity (Wildman–Crippen MR) is 72.8 cm³/mol. The topological polar surface area (TPSA) is 121 Å². The molecule has 0 aliphatic rings. The molecular formula is C12H14N4O2. The first kappa shape index (κ1) is 13.3. The highest BCUT2D eigenvalue weighted by Gasteiger charge is 2.00. The Morgan fingerprint density at radius 1 is 0.833 bits per heavy atom. The predicted octanol–water partition coefficient (Wildman–Crippen LogP) is 2.03. The number of para-hydroxylation sites is 2. The van der Waals surface area contributed by atoms with Gasteiger partial charge in [-0.25, -0.2) is 0 Å². The fraction of sp³-hybridized carbons (Fsp3) is 0. The molecule has 0 amide bonds. The minimum absolute atomic E-state index is 0.0641. The van der Waals surface area contributed by atoms with Gasteiger partial charge in [0.2, 0.25) is 0 Å². The molecule has 0 saturated heterocycles. The maximum atomic E-state index is 10.1. The lowest BCUT2D eigenvalue weighted by Gasteiger charge is -1.94. The van der Waals surface area contributed by atoms with Gasteiger partial charge in [0, 0.05) is 17.8 Å². The number of nitro benzene ring substituents is 1. The first-order chi connectivity index (χ1) is 8.50. The van der Waals surface area contributed by atoms with Crippen LogP contribution in [-0.4, -0.2) is 4.92 Å². The molecule has 2 aromatic rings. The van der Waals surface area contributed by atoms with Crippen molar-refractivity contribution in [2.75, 3.05) is 17.2 Å². The number of nitrogens with zero attached hydrogens (tertiary/aromatic N) is 1. The maximum absolute atomic E-state index is 10.1. The number of nitrogens with two attached hydrogens (primary N) is 3. The summed E-state index contributed by atoms with van der Waals surface area (Å²) in [6, 6.07) is 13.0. The van der Waals surface area contributed by atoms with Gasteiger partial charge in [0.1, 0.15) is 0 Å². The van der Waals surface area contributed by atoms with Gasteiger partial charge in [0.25, 0.3) is 5.69 Å². The molecule has 0 heterocycles. The van der Waals surface area contributed by atoms with Crippen LogP contribution in [-0.2, 0) is 0 Å². The summed E-state index contributed by atoms with van der Waals surface area (Å²) < 4.78 is 0. The summed E-state index contributed by atoms with van der Waals surface area (Å²) in [5, 5.41) is 10.1. The minimum atomic E-state index is -0.459. The van der Waals surface area contributed by atoms with Crippen molar-refractivity contribution in [1.82, 2.24) is 0 Å². The van der Waals surface area contributed by atoms with E-state index in [0.717, 1.165) is 0 Å². The van der Waals surface area contributed by atoms with Gasteiger partial charge in [-0.05, 0) is 24.3 Å². The molecule has 0 atom stereocenters. The molecule has 2 rings (SSSR count). The highest BCUT2D eigenvalue weighted by atomic mass is 16.6. The molecular weight excluding hydrogens is 232 g/mol. The third kappa shape index (κ3) is 4.01. The highest BCUT2D eigenvalue weighted by Crippen LogP contribution is 2.12. The number of hydrogen-bond acceptors (Lipinski definition) is 5. The van der Waals surface area contributed by atoms with Gasteiger partial charge < -0.3 is 17.2 Å². The summed E-state index contributed by atoms with van der Waals surface area (Å²) >= 11 is 0. The van der Waals surface area contributed by atoms with Gasteiger partial charge in [-0.15, -0.1) is 0 Å². The molecule has 0 unspecified atom stereocenters. The molecule has 6 N–H and O–H groups in total. The average Bonchev–Trinajstić information content (AvgIpc) is 2.34. The van der Waals surface area contributed by atoms with Gasteiger partial charge in [-0.2, -0.15) is 0 Å². The Hall–Kier alpha value is -2.76. The van der Waals surface area contributed by atoms with Crippen LogP contribution in [0.1, 0.15) is 0 Å². The average molecular weight is 246 g/mol. The Bertz CT molecular complexity index is 505. The second kappa shape index (κ2) is 6.09. The van der Waals surface area contributed by atoms with Gasteiger partial charge in [-0.3, -0.25) is 10.1 Å². The van der Waals surface area contributed by atoms with E-state index in [2.05, 4.69) is 0 Å². The molecule has 0 aliphatic heterocycles. The third-order valence-corrected chi connectivity index (χ3v) is 2.10. The molecule has 0 radical (unpaired) electrons. The Morgan fingerprint density at radius 2 is 1.28 bits per heavy atom. The van der Waals surface area contributed by atoms with Crippen molar-refractivity contribution in [2.45, 2.75) is 0 Å². The van der Waals surface area contributed by atoms with Crippen LogP contribution in [0.4, 0.5) is 22.7 Å². The Labute approximate surface area is 104 Å². The van der Waals surface area contributed by atoms with Crippen molar-refractivity contribution in [3.05, 3.63) is 58.6 Å². The van der Waals surface area contributed by atoms with Crippen LogP contribution in [0.5, 0.6) is 0 Å². The molecule has 0 saturated carbocycles. The number of nitro groups is 1. The van der Waals surface area contributed by atoms with Crippen LogP contribution >= 0.6 is 0 Å². The van der Waals surface area contributed by atoms with E-state index in [9.17, 15) is 10.1 Å². The largest absolute Gasteiger partial charge is 0.399 e. The lowest BCUT2D eigenvalue weighted by atomic mass is 10.3. The van der Waals surface area contributed by atoms with Crippen LogP contribution in [0.2, 0.25) is 0 Å². The third-order valence-electron chi connectivity index (χ3n) is 2.10. The second-order valence-electron chi connectivity index (χ2n) is 3.48. The molecule has 6 heteroatoms. The van der Waals surface area contributed by atoms with Gasteiger partial charge in [0.15, 0.2) is 0 Å². The van der Waals surface area contributed by atoms with Crippen LogP contribution in [0.3, 0.4) is 0 Å². The van der Waals surface area contributed by atoms with E-state index in [0.29, 0.717) is 17.1 Å². The van der Waals surface area contributed by atoms with Crippen LogP contribution in [0.25, 0.3) is 0 Å². The summed E-state index contributed by atoms with van der Waals surface area (Å²) in [6.45, 7) is 0. The minimum Gasteiger partial charge on any atom is -0.399 e. The van der Waals surface area contributed by atoms with Gasteiger partial charge in [0.05, 0.1) is 16.3 Å². The molecule has 2 aromatic carbocycles. The van der Waals surface area contributed by atoms with Crippen molar-refractivity contribution >= 4 is 22.7 Å².